The van der Waals surface area contributed by atoms with E-state index >= 15 is 0 Å². The van der Waals surface area contributed by atoms with Gasteiger partial charge in [-0.2, -0.15) is 0 Å². The zero-order chi connectivity index (χ0) is 15.2. The summed E-state index contributed by atoms with van der Waals surface area (Å²) in [4.78, 5) is 13.9. The van der Waals surface area contributed by atoms with Gasteiger partial charge in [0.15, 0.2) is 0 Å². The Hall–Kier alpha value is -0.660. The van der Waals surface area contributed by atoms with Crippen LogP contribution in [0.5, 0.6) is 0 Å². The summed E-state index contributed by atoms with van der Waals surface area (Å²) in [6.07, 6.45) is 2.09. The Labute approximate surface area is 121 Å². The zero-order valence-electron chi connectivity index (χ0n) is 12.6. The van der Waals surface area contributed by atoms with Crippen LogP contribution in [-0.4, -0.2) is 57.3 Å². The third-order valence-electron chi connectivity index (χ3n) is 3.58. The van der Waals surface area contributed by atoms with Crippen LogP contribution in [0.25, 0.3) is 0 Å². The largest absolute Gasteiger partial charge is 0.381 e. The van der Waals surface area contributed by atoms with E-state index < -0.39 is 10.0 Å². The molecule has 0 spiro atoms. The van der Waals surface area contributed by atoms with Crippen LogP contribution in [0.3, 0.4) is 0 Å². The molecule has 0 aromatic heterocycles. The summed E-state index contributed by atoms with van der Waals surface area (Å²) in [5.41, 5.74) is 0. The third-order valence-corrected chi connectivity index (χ3v) is 4.87. The number of nitrogens with zero attached hydrogens (tertiary/aromatic N) is 1. The number of ether oxygens (including phenoxy) is 1. The van der Waals surface area contributed by atoms with Gasteiger partial charge in [0, 0.05) is 19.2 Å². The molecule has 0 bridgehead atoms. The Morgan fingerprint density at radius 2 is 2.05 bits per heavy atom. The number of rotatable bonds is 7. The average Bonchev–Trinajstić information content (AvgIpc) is 2.39. The predicted octanol–water partition coefficient (Wildman–Crippen LogP) is 0.589. The summed E-state index contributed by atoms with van der Waals surface area (Å²) in [5, 5.41) is 0. The van der Waals surface area contributed by atoms with Crippen molar-refractivity contribution < 1.29 is 17.9 Å². The van der Waals surface area contributed by atoms with Gasteiger partial charge in [-0.15, -0.1) is 0 Å². The molecule has 1 amide bonds. The number of hydrogen-bond acceptors (Lipinski definition) is 4. The van der Waals surface area contributed by atoms with Crippen molar-refractivity contribution in [2.24, 2.45) is 5.92 Å². The van der Waals surface area contributed by atoms with Crippen LogP contribution in [0.15, 0.2) is 0 Å². The Morgan fingerprint density at radius 1 is 1.35 bits per heavy atom. The third kappa shape index (κ3) is 5.76. The SMILES string of the molecule is CCOCCS(=O)(=O)NCC(=O)N1C[C@H](C)CC[C@@H]1C. The molecular weight excluding hydrogens is 280 g/mol. The highest BCUT2D eigenvalue weighted by Crippen LogP contribution is 2.21. The molecule has 1 N–H and O–H groups in total. The van der Waals surface area contributed by atoms with Crippen molar-refractivity contribution in [3.63, 3.8) is 0 Å². The fourth-order valence-corrected chi connectivity index (χ4v) is 3.12. The molecule has 0 unspecified atom stereocenters. The average molecular weight is 306 g/mol. The first kappa shape index (κ1) is 17.4. The highest BCUT2D eigenvalue weighted by atomic mass is 32.2. The Kier molecular flexibility index (Phi) is 6.91. The maximum atomic E-state index is 12.1. The van der Waals surface area contributed by atoms with Crippen LogP contribution < -0.4 is 4.72 Å². The maximum Gasteiger partial charge on any atom is 0.237 e. The first-order valence-electron chi connectivity index (χ1n) is 7.20. The summed E-state index contributed by atoms with van der Waals surface area (Å²) < 4.78 is 30.7. The van der Waals surface area contributed by atoms with Gasteiger partial charge in [0.1, 0.15) is 0 Å². The number of hydrogen-bond donors (Lipinski definition) is 1. The lowest BCUT2D eigenvalue weighted by Crippen LogP contribution is -2.49. The predicted molar refractivity (Wildman–Crippen MR) is 77.9 cm³/mol. The minimum absolute atomic E-state index is 0.111. The second-order valence-electron chi connectivity index (χ2n) is 5.41. The van der Waals surface area contributed by atoms with Crippen LogP contribution in [0, 0.1) is 5.92 Å². The molecule has 1 aliphatic heterocycles. The number of piperidine rings is 1. The van der Waals surface area contributed by atoms with Gasteiger partial charge < -0.3 is 9.64 Å². The zero-order valence-corrected chi connectivity index (χ0v) is 13.4. The summed E-state index contributed by atoms with van der Waals surface area (Å²) in [6, 6.07) is 0.187. The molecule has 1 rings (SSSR count). The first-order chi connectivity index (χ1) is 9.35. The molecule has 2 atom stereocenters. The molecule has 0 aromatic rings. The topological polar surface area (TPSA) is 75.7 Å². The fraction of sp³-hybridized carbons (Fsp3) is 0.923. The van der Waals surface area contributed by atoms with Crippen molar-refractivity contribution in [2.45, 2.75) is 39.7 Å². The van der Waals surface area contributed by atoms with E-state index in [1.807, 2.05) is 13.8 Å². The number of carbonyl (C=O) groups excluding carboxylic acids is 1. The van der Waals surface area contributed by atoms with Crippen LogP contribution >= 0.6 is 0 Å². The molecule has 0 radical (unpaired) electrons. The number of sulfonamides is 1. The van der Waals surface area contributed by atoms with Crippen molar-refractivity contribution >= 4 is 15.9 Å². The summed E-state index contributed by atoms with van der Waals surface area (Å²) in [7, 11) is -3.44. The molecule has 0 saturated carbocycles. The molecule has 20 heavy (non-hydrogen) atoms. The second kappa shape index (κ2) is 7.95. The van der Waals surface area contributed by atoms with Gasteiger partial charge in [-0.3, -0.25) is 4.79 Å². The first-order valence-corrected chi connectivity index (χ1v) is 8.85. The van der Waals surface area contributed by atoms with Gasteiger partial charge in [0.05, 0.1) is 18.9 Å². The Morgan fingerprint density at radius 3 is 2.70 bits per heavy atom. The van der Waals surface area contributed by atoms with E-state index in [9.17, 15) is 13.2 Å². The molecule has 0 aromatic carbocycles. The molecule has 7 heteroatoms. The number of amides is 1. The van der Waals surface area contributed by atoms with Gasteiger partial charge in [0.2, 0.25) is 15.9 Å². The molecule has 1 saturated heterocycles. The minimum atomic E-state index is -3.44. The van der Waals surface area contributed by atoms with Crippen molar-refractivity contribution in [1.82, 2.24) is 9.62 Å². The smallest absolute Gasteiger partial charge is 0.237 e. The van der Waals surface area contributed by atoms with Gasteiger partial charge in [0.25, 0.3) is 0 Å². The Balaban J connectivity index is 2.41. The Bertz CT molecular complexity index is 411. The lowest BCUT2D eigenvalue weighted by molar-refractivity contribution is -0.134. The van der Waals surface area contributed by atoms with Crippen molar-refractivity contribution in [3.8, 4) is 0 Å². The van der Waals surface area contributed by atoms with E-state index in [-0.39, 0.29) is 30.9 Å². The summed E-state index contributed by atoms with van der Waals surface area (Å²) >= 11 is 0. The second-order valence-corrected chi connectivity index (χ2v) is 7.34. The normalized spacial score (nSPS) is 23.9. The fourth-order valence-electron chi connectivity index (χ4n) is 2.29. The molecule has 0 aliphatic carbocycles. The van der Waals surface area contributed by atoms with Crippen molar-refractivity contribution in [3.05, 3.63) is 0 Å². The van der Waals surface area contributed by atoms with E-state index in [1.54, 1.807) is 4.90 Å². The van der Waals surface area contributed by atoms with Crippen LogP contribution in [-0.2, 0) is 19.6 Å². The van der Waals surface area contributed by atoms with E-state index in [0.717, 1.165) is 12.8 Å². The molecule has 6 nitrogen and oxygen atoms in total. The van der Waals surface area contributed by atoms with Crippen LogP contribution in [0.1, 0.15) is 33.6 Å². The van der Waals surface area contributed by atoms with Gasteiger partial charge >= 0.3 is 0 Å². The van der Waals surface area contributed by atoms with E-state index in [2.05, 4.69) is 11.6 Å². The van der Waals surface area contributed by atoms with Crippen molar-refractivity contribution in [2.75, 3.05) is 32.1 Å². The van der Waals surface area contributed by atoms with Gasteiger partial charge in [-0.05, 0) is 32.6 Å². The highest BCUT2D eigenvalue weighted by Gasteiger charge is 2.27. The number of nitrogens with one attached hydrogen (secondary N) is 1. The van der Waals surface area contributed by atoms with Gasteiger partial charge in [-0.25, -0.2) is 13.1 Å². The lowest BCUT2D eigenvalue weighted by atomic mass is 9.95. The summed E-state index contributed by atoms with van der Waals surface area (Å²) in [5.74, 6) is 0.217. The van der Waals surface area contributed by atoms with E-state index in [1.165, 1.54) is 0 Å². The standard InChI is InChI=1S/C13H26N2O4S/c1-4-19-7-8-20(17,18)14-9-13(16)15-10-11(2)5-6-12(15)3/h11-12,14H,4-10H2,1-3H3/t11-,12+/m1/s1. The lowest BCUT2D eigenvalue weighted by Gasteiger charge is -2.36. The molecular formula is C13H26N2O4S. The highest BCUT2D eigenvalue weighted by molar-refractivity contribution is 7.89. The molecule has 1 heterocycles. The molecule has 1 fully saturated rings. The van der Waals surface area contributed by atoms with Crippen molar-refractivity contribution in [1.29, 1.82) is 0 Å². The number of likely N-dealkylation sites (tertiary alicyclic amines) is 1. The van der Waals surface area contributed by atoms with E-state index in [0.29, 0.717) is 19.1 Å². The van der Waals surface area contributed by atoms with Crippen LogP contribution in [0.4, 0.5) is 0 Å². The monoisotopic (exact) mass is 306 g/mol. The summed E-state index contributed by atoms with van der Waals surface area (Å²) in [6.45, 7) is 7.11. The van der Waals surface area contributed by atoms with Gasteiger partial charge in [-0.1, -0.05) is 6.92 Å². The van der Waals surface area contributed by atoms with Crippen LogP contribution in [0.2, 0.25) is 0 Å². The minimum Gasteiger partial charge on any atom is -0.381 e. The molecule has 118 valence electrons. The quantitative estimate of drug-likeness (QED) is 0.699. The molecule has 1 aliphatic rings. The number of carbonyl (C=O) groups is 1. The maximum absolute atomic E-state index is 12.1. The van der Waals surface area contributed by atoms with E-state index in [4.69, 9.17) is 4.74 Å².